The van der Waals surface area contributed by atoms with Crippen LogP contribution >= 0.6 is 15.9 Å². The maximum atomic E-state index is 13.6. The summed E-state index contributed by atoms with van der Waals surface area (Å²) in [4.78, 5) is 23.6. The zero-order valence-corrected chi connectivity index (χ0v) is 15.0. The zero-order valence-electron chi connectivity index (χ0n) is 13.4. The molecule has 0 saturated carbocycles. The summed E-state index contributed by atoms with van der Waals surface area (Å²) in [5, 5.41) is 4.59. The highest BCUT2D eigenvalue weighted by Gasteiger charge is 2.14. The van der Waals surface area contributed by atoms with Gasteiger partial charge in [-0.25, -0.2) is 9.18 Å². The van der Waals surface area contributed by atoms with Crippen molar-refractivity contribution in [2.24, 2.45) is 0 Å². The molecule has 0 saturated heterocycles. The third kappa shape index (κ3) is 4.63. The Labute approximate surface area is 156 Å². The van der Waals surface area contributed by atoms with Gasteiger partial charge in [0.25, 0.3) is 5.91 Å². The average Bonchev–Trinajstić information content (AvgIpc) is 2.60. The summed E-state index contributed by atoms with van der Waals surface area (Å²) in [5.74, 6) is -0.330. The molecule has 7 nitrogen and oxygen atoms in total. The summed E-state index contributed by atoms with van der Waals surface area (Å²) in [6, 6.07) is 8.28. The van der Waals surface area contributed by atoms with Crippen molar-refractivity contribution in [3.63, 3.8) is 0 Å². The SMILES string of the molecule is O=C(COc1ccc(Br)cc1F)NC(=O)Nc1ccc2c(c1)OCCO2. The van der Waals surface area contributed by atoms with E-state index >= 15 is 0 Å². The fraction of sp³-hybridized carbons (Fsp3) is 0.176. The molecule has 0 aliphatic carbocycles. The van der Waals surface area contributed by atoms with Crippen LogP contribution in [0.5, 0.6) is 17.2 Å². The van der Waals surface area contributed by atoms with Gasteiger partial charge in [-0.05, 0) is 30.3 Å². The lowest BCUT2D eigenvalue weighted by molar-refractivity contribution is -0.121. The number of amides is 3. The standard InChI is InChI=1S/C17H14BrFN2O5/c18-10-1-3-13(12(19)7-10)26-9-16(22)21-17(23)20-11-2-4-14-15(8-11)25-6-5-24-14/h1-4,7-8H,5-6,9H2,(H2,20,21,22,23). The molecule has 0 radical (unpaired) electrons. The van der Waals surface area contributed by atoms with Crippen molar-refractivity contribution >= 4 is 33.6 Å². The highest BCUT2D eigenvalue weighted by Crippen LogP contribution is 2.32. The van der Waals surface area contributed by atoms with E-state index < -0.39 is 24.4 Å². The third-order valence-corrected chi connectivity index (χ3v) is 3.80. The molecular formula is C17H14BrFN2O5. The molecule has 3 rings (SSSR count). The number of halogens is 2. The van der Waals surface area contributed by atoms with Gasteiger partial charge in [-0.1, -0.05) is 15.9 Å². The molecule has 0 atom stereocenters. The predicted octanol–water partition coefficient (Wildman–Crippen LogP) is 3.09. The van der Waals surface area contributed by atoms with Gasteiger partial charge in [0.15, 0.2) is 29.7 Å². The largest absolute Gasteiger partial charge is 0.486 e. The maximum absolute atomic E-state index is 13.6. The minimum atomic E-state index is -0.744. The van der Waals surface area contributed by atoms with E-state index in [2.05, 4.69) is 26.6 Å². The summed E-state index contributed by atoms with van der Waals surface area (Å²) >= 11 is 3.12. The van der Waals surface area contributed by atoms with Gasteiger partial charge < -0.3 is 19.5 Å². The average molecular weight is 425 g/mol. The molecular weight excluding hydrogens is 411 g/mol. The van der Waals surface area contributed by atoms with E-state index in [0.717, 1.165) is 0 Å². The first-order chi connectivity index (χ1) is 12.5. The topological polar surface area (TPSA) is 85.9 Å². The Morgan fingerprint density at radius 3 is 2.65 bits per heavy atom. The molecule has 1 heterocycles. The van der Waals surface area contributed by atoms with Crippen LogP contribution in [0.4, 0.5) is 14.9 Å². The van der Waals surface area contributed by atoms with Gasteiger partial charge in [0.05, 0.1) is 0 Å². The van der Waals surface area contributed by atoms with Crippen LogP contribution < -0.4 is 24.8 Å². The van der Waals surface area contributed by atoms with E-state index in [1.54, 1.807) is 24.3 Å². The summed E-state index contributed by atoms with van der Waals surface area (Å²) in [5.41, 5.74) is 0.430. The second-order valence-corrected chi connectivity index (χ2v) is 6.14. The number of urea groups is 1. The van der Waals surface area contributed by atoms with Gasteiger partial charge in [-0.15, -0.1) is 0 Å². The van der Waals surface area contributed by atoms with Crippen molar-refractivity contribution in [1.29, 1.82) is 0 Å². The molecule has 26 heavy (non-hydrogen) atoms. The molecule has 2 N–H and O–H groups in total. The molecule has 3 amide bonds. The minimum Gasteiger partial charge on any atom is -0.486 e. The van der Waals surface area contributed by atoms with E-state index in [1.165, 1.54) is 12.1 Å². The first-order valence-electron chi connectivity index (χ1n) is 7.59. The number of benzene rings is 2. The van der Waals surface area contributed by atoms with Crippen molar-refractivity contribution in [3.8, 4) is 17.2 Å². The summed E-state index contributed by atoms with van der Waals surface area (Å²) in [7, 11) is 0. The number of ether oxygens (including phenoxy) is 3. The second-order valence-electron chi connectivity index (χ2n) is 5.22. The lowest BCUT2D eigenvalue weighted by atomic mass is 10.2. The Bertz CT molecular complexity index is 846. The van der Waals surface area contributed by atoms with E-state index in [1.807, 2.05) is 0 Å². The molecule has 9 heteroatoms. The Balaban J connectivity index is 1.50. The van der Waals surface area contributed by atoms with Gasteiger partial charge in [0.1, 0.15) is 13.2 Å². The monoisotopic (exact) mass is 424 g/mol. The van der Waals surface area contributed by atoms with Gasteiger partial charge in [-0.3, -0.25) is 10.1 Å². The van der Waals surface area contributed by atoms with Crippen LogP contribution in [-0.4, -0.2) is 31.8 Å². The number of fused-ring (bicyclic) bond motifs is 1. The predicted molar refractivity (Wildman–Crippen MR) is 94.2 cm³/mol. The Kier molecular flexibility index (Phi) is 5.57. The molecule has 0 unspecified atom stereocenters. The number of imide groups is 1. The van der Waals surface area contributed by atoms with Crippen LogP contribution in [0.25, 0.3) is 0 Å². The first kappa shape index (κ1) is 18.0. The lowest BCUT2D eigenvalue weighted by Gasteiger charge is -2.19. The molecule has 1 aliphatic heterocycles. The summed E-state index contributed by atoms with van der Waals surface area (Å²) in [6.45, 7) is 0.381. The van der Waals surface area contributed by atoms with Crippen LogP contribution in [0, 0.1) is 5.82 Å². The van der Waals surface area contributed by atoms with E-state index in [4.69, 9.17) is 14.2 Å². The number of anilines is 1. The van der Waals surface area contributed by atoms with Crippen LogP contribution in [0.1, 0.15) is 0 Å². The number of hydrogen-bond donors (Lipinski definition) is 2. The van der Waals surface area contributed by atoms with Crippen LogP contribution in [0.15, 0.2) is 40.9 Å². The van der Waals surface area contributed by atoms with E-state index in [9.17, 15) is 14.0 Å². The van der Waals surface area contributed by atoms with Crippen LogP contribution in [-0.2, 0) is 4.79 Å². The van der Waals surface area contributed by atoms with Gasteiger partial charge >= 0.3 is 6.03 Å². The molecule has 1 aliphatic rings. The van der Waals surface area contributed by atoms with Gasteiger partial charge in [0, 0.05) is 16.2 Å². The van der Waals surface area contributed by atoms with Gasteiger partial charge in [0.2, 0.25) is 0 Å². The number of hydrogen-bond acceptors (Lipinski definition) is 5. The van der Waals surface area contributed by atoms with Crippen molar-refractivity contribution < 1.29 is 28.2 Å². The van der Waals surface area contributed by atoms with Crippen LogP contribution in [0.3, 0.4) is 0 Å². The number of nitrogens with one attached hydrogen (secondary N) is 2. The Morgan fingerprint density at radius 1 is 1.12 bits per heavy atom. The molecule has 0 spiro atoms. The summed E-state index contributed by atoms with van der Waals surface area (Å²) in [6.07, 6.45) is 0. The van der Waals surface area contributed by atoms with Crippen molar-refractivity contribution in [3.05, 3.63) is 46.7 Å². The quantitative estimate of drug-likeness (QED) is 0.787. The Hall–Kier alpha value is -2.81. The summed E-state index contributed by atoms with van der Waals surface area (Å²) < 4.78 is 30.0. The fourth-order valence-electron chi connectivity index (χ4n) is 2.18. The molecule has 0 bridgehead atoms. The molecule has 2 aromatic rings. The lowest BCUT2D eigenvalue weighted by Crippen LogP contribution is -2.37. The number of rotatable bonds is 4. The van der Waals surface area contributed by atoms with Crippen molar-refractivity contribution in [2.45, 2.75) is 0 Å². The zero-order chi connectivity index (χ0) is 18.5. The first-order valence-corrected chi connectivity index (χ1v) is 8.39. The Morgan fingerprint density at radius 2 is 1.88 bits per heavy atom. The van der Waals surface area contributed by atoms with E-state index in [-0.39, 0.29) is 5.75 Å². The van der Waals surface area contributed by atoms with Crippen molar-refractivity contribution in [1.82, 2.24) is 5.32 Å². The van der Waals surface area contributed by atoms with Crippen LogP contribution in [0.2, 0.25) is 0 Å². The molecule has 0 fully saturated rings. The van der Waals surface area contributed by atoms with E-state index in [0.29, 0.717) is 34.9 Å². The number of carbonyl (C=O) groups excluding carboxylic acids is 2. The van der Waals surface area contributed by atoms with Gasteiger partial charge in [-0.2, -0.15) is 0 Å². The highest BCUT2D eigenvalue weighted by atomic mass is 79.9. The third-order valence-electron chi connectivity index (χ3n) is 3.31. The maximum Gasteiger partial charge on any atom is 0.325 e. The number of carbonyl (C=O) groups is 2. The highest BCUT2D eigenvalue weighted by molar-refractivity contribution is 9.10. The normalized spacial score (nSPS) is 12.2. The minimum absolute atomic E-state index is 0.0874. The molecule has 2 aromatic carbocycles. The second kappa shape index (κ2) is 8.05. The molecule has 136 valence electrons. The smallest absolute Gasteiger partial charge is 0.325 e. The fourth-order valence-corrected chi connectivity index (χ4v) is 2.51. The molecule has 0 aromatic heterocycles. The van der Waals surface area contributed by atoms with Crippen molar-refractivity contribution in [2.75, 3.05) is 25.1 Å².